The second-order valence-corrected chi connectivity index (χ2v) is 8.34. The number of thiocarbonyl (C=S) groups is 1. The Morgan fingerprint density at radius 3 is 2.63 bits per heavy atom. The van der Waals surface area contributed by atoms with E-state index in [0.29, 0.717) is 16.3 Å². The number of nitrogens with zero attached hydrogens (tertiary/aromatic N) is 1. The number of quaternary nitrogens is 1. The van der Waals surface area contributed by atoms with Crippen LogP contribution in [-0.2, 0) is 6.54 Å². The molecule has 2 heterocycles. The third-order valence-corrected chi connectivity index (χ3v) is 5.93. The lowest BCUT2D eigenvalue weighted by molar-refractivity contribution is -0.918. The standard InChI is InChI=1S/C20H22N4OS2/c21-19(26)22-15-9-11-24(12-10-15)13-14-5-7-16(8-6-14)25-20-23-17-3-1-2-4-18(17)27-20/h1-8,15H,9-13H2,(H3,21,22,26)/p+1. The summed E-state index contributed by atoms with van der Waals surface area (Å²) >= 11 is 6.50. The number of hydrogen-bond acceptors (Lipinski definition) is 4. The van der Waals surface area contributed by atoms with Crippen molar-refractivity contribution < 1.29 is 9.64 Å². The Labute approximate surface area is 168 Å². The molecule has 1 aliphatic rings. The molecule has 0 atom stereocenters. The minimum Gasteiger partial charge on any atom is -0.431 e. The first-order valence-electron chi connectivity index (χ1n) is 9.17. The minimum atomic E-state index is 0.409. The van der Waals surface area contributed by atoms with Gasteiger partial charge in [0.1, 0.15) is 12.3 Å². The molecule has 1 saturated heterocycles. The Morgan fingerprint density at radius 1 is 1.19 bits per heavy atom. The molecule has 0 bridgehead atoms. The number of piperidine rings is 1. The van der Waals surface area contributed by atoms with Gasteiger partial charge in [0.2, 0.25) is 0 Å². The number of fused-ring (bicyclic) bond motifs is 1. The maximum absolute atomic E-state index is 5.93. The SMILES string of the molecule is NC(=S)NC1CC[NH+](Cc2ccc(Oc3nc4ccccc4s3)cc2)CC1. The van der Waals surface area contributed by atoms with Crippen LogP contribution >= 0.6 is 23.6 Å². The van der Waals surface area contributed by atoms with Crippen molar-refractivity contribution >= 4 is 38.9 Å². The number of para-hydroxylation sites is 1. The molecule has 5 nitrogen and oxygen atoms in total. The first-order chi connectivity index (χ1) is 13.2. The van der Waals surface area contributed by atoms with Crippen LogP contribution in [0.5, 0.6) is 10.9 Å². The van der Waals surface area contributed by atoms with Crippen LogP contribution in [0.15, 0.2) is 48.5 Å². The van der Waals surface area contributed by atoms with E-state index in [1.54, 1.807) is 16.2 Å². The summed E-state index contributed by atoms with van der Waals surface area (Å²) in [6.07, 6.45) is 2.21. The Hall–Kier alpha value is -2.22. The van der Waals surface area contributed by atoms with Crippen LogP contribution in [0.4, 0.5) is 0 Å². The lowest BCUT2D eigenvalue weighted by Crippen LogP contribution is -3.12. The lowest BCUT2D eigenvalue weighted by Gasteiger charge is -2.29. The smallest absolute Gasteiger partial charge is 0.279 e. The van der Waals surface area contributed by atoms with Gasteiger partial charge in [-0.05, 0) is 48.6 Å². The zero-order chi connectivity index (χ0) is 18.6. The molecule has 1 fully saturated rings. The van der Waals surface area contributed by atoms with Crippen LogP contribution < -0.4 is 20.7 Å². The van der Waals surface area contributed by atoms with Gasteiger partial charge in [0.25, 0.3) is 5.19 Å². The van der Waals surface area contributed by atoms with Crippen molar-refractivity contribution in [2.24, 2.45) is 5.73 Å². The molecule has 1 aliphatic heterocycles. The predicted octanol–water partition coefficient (Wildman–Crippen LogP) is 2.47. The zero-order valence-corrected chi connectivity index (χ0v) is 16.6. The van der Waals surface area contributed by atoms with E-state index < -0.39 is 0 Å². The van der Waals surface area contributed by atoms with Gasteiger partial charge in [0, 0.05) is 24.4 Å². The second kappa shape index (κ2) is 8.21. The van der Waals surface area contributed by atoms with Gasteiger partial charge >= 0.3 is 0 Å². The Balaban J connectivity index is 1.32. The molecule has 0 amide bonds. The maximum Gasteiger partial charge on any atom is 0.279 e. The fourth-order valence-electron chi connectivity index (χ4n) is 3.51. The number of likely N-dealkylation sites (tertiary alicyclic amines) is 1. The van der Waals surface area contributed by atoms with E-state index in [1.165, 1.54) is 5.56 Å². The zero-order valence-electron chi connectivity index (χ0n) is 15.0. The number of ether oxygens (including phenoxy) is 1. The van der Waals surface area contributed by atoms with E-state index in [1.807, 2.05) is 30.3 Å². The van der Waals surface area contributed by atoms with Gasteiger partial charge in [-0.25, -0.2) is 4.98 Å². The van der Waals surface area contributed by atoms with Crippen molar-refractivity contribution in [2.45, 2.75) is 25.4 Å². The van der Waals surface area contributed by atoms with Gasteiger partial charge in [-0.1, -0.05) is 23.5 Å². The molecule has 0 aliphatic carbocycles. The summed E-state index contributed by atoms with van der Waals surface area (Å²) in [4.78, 5) is 6.11. The van der Waals surface area contributed by atoms with E-state index in [-0.39, 0.29) is 0 Å². The van der Waals surface area contributed by atoms with Gasteiger partial charge < -0.3 is 20.7 Å². The molecule has 0 saturated carbocycles. The van der Waals surface area contributed by atoms with Crippen molar-refractivity contribution in [1.29, 1.82) is 0 Å². The van der Waals surface area contributed by atoms with Crippen molar-refractivity contribution in [3.63, 3.8) is 0 Å². The van der Waals surface area contributed by atoms with Crippen LogP contribution in [0.2, 0.25) is 0 Å². The molecule has 3 aromatic rings. The van der Waals surface area contributed by atoms with Crippen LogP contribution in [0.25, 0.3) is 10.2 Å². The molecule has 1 aromatic heterocycles. The molecule has 0 unspecified atom stereocenters. The monoisotopic (exact) mass is 399 g/mol. The van der Waals surface area contributed by atoms with E-state index >= 15 is 0 Å². The van der Waals surface area contributed by atoms with Crippen molar-refractivity contribution in [3.05, 3.63) is 54.1 Å². The van der Waals surface area contributed by atoms with Gasteiger partial charge in [0.05, 0.1) is 23.3 Å². The average molecular weight is 400 g/mol. The topological polar surface area (TPSA) is 64.6 Å². The van der Waals surface area contributed by atoms with Crippen LogP contribution in [0.1, 0.15) is 18.4 Å². The lowest BCUT2D eigenvalue weighted by atomic mass is 10.0. The quantitative estimate of drug-likeness (QED) is 0.575. The molecule has 4 N–H and O–H groups in total. The van der Waals surface area contributed by atoms with E-state index in [2.05, 4.69) is 28.5 Å². The summed E-state index contributed by atoms with van der Waals surface area (Å²) in [7, 11) is 0. The third kappa shape index (κ3) is 4.74. The Kier molecular flexibility index (Phi) is 5.52. The molecule has 0 radical (unpaired) electrons. The summed E-state index contributed by atoms with van der Waals surface area (Å²) in [5, 5.41) is 4.27. The largest absolute Gasteiger partial charge is 0.431 e. The summed E-state index contributed by atoms with van der Waals surface area (Å²) in [5.41, 5.74) is 7.87. The summed E-state index contributed by atoms with van der Waals surface area (Å²) < 4.78 is 7.07. The molecular weight excluding hydrogens is 376 g/mol. The average Bonchev–Trinajstić information content (AvgIpc) is 3.07. The predicted molar refractivity (Wildman–Crippen MR) is 113 cm³/mol. The summed E-state index contributed by atoms with van der Waals surface area (Å²) in [5.74, 6) is 0.826. The maximum atomic E-state index is 5.93. The highest BCUT2D eigenvalue weighted by atomic mass is 32.1. The Morgan fingerprint density at radius 2 is 1.93 bits per heavy atom. The summed E-state index contributed by atoms with van der Waals surface area (Å²) in [6.45, 7) is 3.29. The van der Waals surface area contributed by atoms with Crippen molar-refractivity contribution in [3.8, 4) is 10.9 Å². The molecular formula is C20H23N4OS2+. The number of nitrogens with two attached hydrogens (primary N) is 1. The minimum absolute atomic E-state index is 0.409. The molecule has 7 heteroatoms. The van der Waals surface area contributed by atoms with Gasteiger partial charge in [-0.2, -0.15) is 0 Å². The van der Waals surface area contributed by atoms with Crippen molar-refractivity contribution in [2.75, 3.05) is 13.1 Å². The third-order valence-electron chi connectivity index (χ3n) is 4.90. The van der Waals surface area contributed by atoms with Gasteiger partial charge in [-0.15, -0.1) is 0 Å². The molecule has 0 spiro atoms. The number of nitrogens with one attached hydrogen (secondary N) is 2. The molecule has 27 heavy (non-hydrogen) atoms. The number of thiazole rings is 1. The number of hydrogen-bond donors (Lipinski definition) is 3. The highest BCUT2D eigenvalue weighted by Crippen LogP contribution is 2.31. The highest BCUT2D eigenvalue weighted by Gasteiger charge is 2.22. The summed E-state index contributed by atoms with van der Waals surface area (Å²) in [6, 6.07) is 16.9. The van der Waals surface area contributed by atoms with Crippen LogP contribution in [-0.4, -0.2) is 29.2 Å². The molecule has 140 valence electrons. The van der Waals surface area contributed by atoms with Gasteiger partial charge in [0.15, 0.2) is 5.11 Å². The number of benzene rings is 2. The first kappa shape index (κ1) is 18.2. The van der Waals surface area contributed by atoms with Crippen molar-refractivity contribution in [1.82, 2.24) is 10.3 Å². The van der Waals surface area contributed by atoms with E-state index in [9.17, 15) is 0 Å². The van der Waals surface area contributed by atoms with E-state index in [4.69, 9.17) is 22.7 Å². The second-order valence-electron chi connectivity index (χ2n) is 6.90. The fraction of sp³-hybridized carbons (Fsp3) is 0.300. The normalized spacial score (nSPS) is 19.7. The first-order valence-corrected chi connectivity index (χ1v) is 10.4. The number of aromatic nitrogens is 1. The fourth-order valence-corrected chi connectivity index (χ4v) is 4.51. The number of rotatable bonds is 5. The molecule has 4 rings (SSSR count). The van der Waals surface area contributed by atoms with E-state index in [0.717, 1.165) is 48.4 Å². The van der Waals surface area contributed by atoms with Crippen LogP contribution in [0.3, 0.4) is 0 Å². The van der Waals surface area contributed by atoms with Crippen LogP contribution in [0, 0.1) is 0 Å². The Bertz CT molecular complexity index is 884. The van der Waals surface area contributed by atoms with Gasteiger partial charge in [-0.3, -0.25) is 0 Å². The highest BCUT2D eigenvalue weighted by molar-refractivity contribution is 7.80. The molecule has 2 aromatic carbocycles.